The number of halogens is 1. The molecule has 5 heteroatoms. The zero-order valence-electron chi connectivity index (χ0n) is 12.1. The third kappa shape index (κ3) is 4.53. The van der Waals surface area contributed by atoms with E-state index < -0.39 is 9.05 Å². The van der Waals surface area contributed by atoms with Gasteiger partial charge >= 0.3 is 0 Å². The van der Waals surface area contributed by atoms with E-state index in [1.807, 2.05) is 19.9 Å². The largest absolute Gasteiger partial charge is 0.493 e. The van der Waals surface area contributed by atoms with Gasteiger partial charge in [0.25, 0.3) is 9.05 Å². The van der Waals surface area contributed by atoms with E-state index in [2.05, 4.69) is 6.58 Å². The van der Waals surface area contributed by atoms with E-state index in [0.717, 1.165) is 24.2 Å². The lowest BCUT2D eigenvalue weighted by atomic mass is 10.0. The fraction of sp³-hybridized carbons (Fsp3) is 0.467. The maximum Gasteiger partial charge on any atom is 0.261 e. The lowest BCUT2D eigenvalue weighted by Crippen LogP contribution is -2.04. The highest BCUT2D eigenvalue weighted by Gasteiger charge is 2.19. The summed E-state index contributed by atoms with van der Waals surface area (Å²) in [7, 11) is 1.73. The van der Waals surface area contributed by atoms with Crippen molar-refractivity contribution in [3.8, 4) is 5.75 Å². The molecular weight excluding hydrogens is 296 g/mol. The van der Waals surface area contributed by atoms with Crippen LogP contribution in [0.25, 0.3) is 0 Å². The van der Waals surface area contributed by atoms with Gasteiger partial charge in [0, 0.05) is 10.7 Å². The molecule has 0 radical (unpaired) electrons. The second-order valence-corrected chi connectivity index (χ2v) is 7.56. The van der Waals surface area contributed by atoms with Crippen LogP contribution in [0.3, 0.4) is 0 Å². The van der Waals surface area contributed by atoms with Gasteiger partial charge in [-0.15, -0.1) is 6.58 Å². The molecule has 1 aromatic rings. The quantitative estimate of drug-likeness (QED) is 0.425. The van der Waals surface area contributed by atoms with Crippen LogP contribution in [0, 0.1) is 6.92 Å². The molecule has 0 saturated carbocycles. The molecule has 20 heavy (non-hydrogen) atoms. The minimum atomic E-state index is -3.73. The predicted octanol–water partition coefficient (Wildman–Crippen LogP) is 4.39. The number of hydrogen-bond acceptors (Lipinski definition) is 3. The zero-order valence-corrected chi connectivity index (χ0v) is 13.7. The van der Waals surface area contributed by atoms with Crippen LogP contribution >= 0.6 is 10.7 Å². The summed E-state index contributed by atoms with van der Waals surface area (Å²) in [5.41, 5.74) is 1.46. The summed E-state index contributed by atoms with van der Waals surface area (Å²) in [5.74, 6) is 0.882. The van der Waals surface area contributed by atoms with E-state index in [0.29, 0.717) is 12.2 Å². The van der Waals surface area contributed by atoms with E-state index in [9.17, 15) is 8.42 Å². The topological polar surface area (TPSA) is 43.4 Å². The van der Waals surface area contributed by atoms with Gasteiger partial charge in [0.15, 0.2) is 0 Å². The second-order valence-electron chi connectivity index (χ2n) is 5.03. The number of aryl methyl sites for hydroxylation is 1. The Labute approximate surface area is 126 Å². The van der Waals surface area contributed by atoms with Crippen LogP contribution in [0.4, 0.5) is 0 Å². The normalized spacial score (nSPS) is 11.7. The number of rotatable bonds is 7. The summed E-state index contributed by atoms with van der Waals surface area (Å²) in [6.45, 7) is 9.95. The predicted molar refractivity (Wildman–Crippen MR) is 83.2 cm³/mol. The first kappa shape index (κ1) is 17.1. The molecule has 0 aliphatic rings. The number of unbranched alkanes of at least 4 members (excludes halogenated alkanes) is 1. The van der Waals surface area contributed by atoms with Gasteiger partial charge in [-0.3, -0.25) is 0 Å². The van der Waals surface area contributed by atoms with Crippen molar-refractivity contribution >= 4 is 19.7 Å². The Morgan fingerprint density at radius 3 is 2.55 bits per heavy atom. The first-order valence-corrected chi connectivity index (χ1v) is 8.91. The number of benzene rings is 1. The summed E-state index contributed by atoms with van der Waals surface area (Å²) in [5, 5.41) is 0. The standard InChI is InChI=1S/C15H21ClO3S/c1-5-6-7-8-19-14-9-12(4)15(20(16,17)18)10-13(14)11(2)3/h5,9-11H,1,6-8H2,2-4H3. The minimum Gasteiger partial charge on any atom is -0.493 e. The van der Waals surface area contributed by atoms with Crippen LogP contribution in [-0.4, -0.2) is 15.0 Å². The third-order valence-corrected chi connectivity index (χ3v) is 4.47. The number of hydrogen-bond donors (Lipinski definition) is 0. The Hall–Kier alpha value is -1.00. The van der Waals surface area contributed by atoms with Crippen molar-refractivity contribution < 1.29 is 13.2 Å². The Bertz CT molecular complexity index is 577. The van der Waals surface area contributed by atoms with Crippen LogP contribution in [0.2, 0.25) is 0 Å². The molecule has 1 aromatic carbocycles. The highest BCUT2D eigenvalue weighted by Crippen LogP contribution is 2.33. The van der Waals surface area contributed by atoms with E-state index in [4.69, 9.17) is 15.4 Å². The molecule has 3 nitrogen and oxygen atoms in total. The fourth-order valence-corrected chi connectivity index (χ4v) is 3.14. The maximum absolute atomic E-state index is 11.6. The van der Waals surface area contributed by atoms with Crippen molar-refractivity contribution in [1.29, 1.82) is 0 Å². The van der Waals surface area contributed by atoms with Gasteiger partial charge in [-0.2, -0.15) is 0 Å². The molecule has 0 atom stereocenters. The van der Waals surface area contributed by atoms with Gasteiger partial charge in [0.05, 0.1) is 11.5 Å². The Balaban J connectivity index is 3.12. The summed E-state index contributed by atoms with van der Waals surface area (Å²) in [6, 6.07) is 3.36. The van der Waals surface area contributed by atoms with Crippen molar-refractivity contribution in [2.75, 3.05) is 6.61 Å². The summed E-state index contributed by atoms with van der Waals surface area (Å²) in [4.78, 5) is 0.154. The molecule has 0 saturated heterocycles. The highest BCUT2D eigenvalue weighted by molar-refractivity contribution is 8.13. The molecule has 0 unspecified atom stereocenters. The van der Waals surface area contributed by atoms with Crippen LogP contribution in [-0.2, 0) is 9.05 Å². The molecule has 0 fully saturated rings. The molecule has 0 amide bonds. The third-order valence-electron chi connectivity index (χ3n) is 3.00. The van der Waals surface area contributed by atoms with Crippen molar-refractivity contribution in [3.63, 3.8) is 0 Å². The molecule has 112 valence electrons. The van der Waals surface area contributed by atoms with Crippen LogP contribution < -0.4 is 4.74 Å². The van der Waals surface area contributed by atoms with Gasteiger partial charge in [-0.05, 0) is 48.9 Å². The van der Waals surface area contributed by atoms with E-state index in [1.165, 1.54) is 0 Å². The van der Waals surface area contributed by atoms with Crippen molar-refractivity contribution in [2.24, 2.45) is 0 Å². The smallest absolute Gasteiger partial charge is 0.261 e. The van der Waals surface area contributed by atoms with Crippen molar-refractivity contribution in [3.05, 3.63) is 35.9 Å². The van der Waals surface area contributed by atoms with E-state index in [1.54, 1.807) is 19.1 Å². The Morgan fingerprint density at radius 2 is 2.05 bits per heavy atom. The molecular formula is C15H21ClO3S. The lowest BCUT2D eigenvalue weighted by Gasteiger charge is -2.16. The lowest BCUT2D eigenvalue weighted by molar-refractivity contribution is 0.307. The van der Waals surface area contributed by atoms with Gasteiger partial charge < -0.3 is 4.74 Å². The molecule has 0 bridgehead atoms. The maximum atomic E-state index is 11.6. The first-order chi connectivity index (χ1) is 9.27. The molecule has 0 N–H and O–H groups in total. The molecule has 0 spiro atoms. The SMILES string of the molecule is C=CCCCOc1cc(C)c(S(=O)(=O)Cl)cc1C(C)C. The summed E-state index contributed by atoms with van der Waals surface area (Å²) >= 11 is 0. The number of ether oxygens (including phenoxy) is 1. The Kier molecular flexibility index (Phi) is 6.08. The van der Waals surface area contributed by atoms with Crippen LogP contribution in [0.5, 0.6) is 5.75 Å². The Morgan fingerprint density at radius 1 is 1.40 bits per heavy atom. The summed E-state index contributed by atoms with van der Waals surface area (Å²) < 4.78 is 28.9. The molecule has 0 heterocycles. The minimum absolute atomic E-state index is 0.154. The van der Waals surface area contributed by atoms with Crippen molar-refractivity contribution in [1.82, 2.24) is 0 Å². The average molecular weight is 317 g/mol. The van der Waals surface area contributed by atoms with E-state index >= 15 is 0 Å². The zero-order chi connectivity index (χ0) is 15.3. The van der Waals surface area contributed by atoms with Gasteiger partial charge in [0.1, 0.15) is 5.75 Å². The number of allylic oxidation sites excluding steroid dienone is 1. The van der Waals surface area contributed by atoms with Crippen LogP contribution in [0.1, 0.15) is 43.7 Å². The molecule has 0 aromatic heterocycles. The van der Waals surface area contributed by atoms with Crippen molar-refractivity contribution in [2.45, 2.75) is 44.4 Å². The fourth-order valence-electron chi connectivity index (χ4n) is 1.93. The molecule has 1 rings (SSSR count). The van der Waals surface area contributed by atoms with Gasteiger partial charge in [-0.1, -0.05) is 19.9 Å². The van der Waals surface area contributed by atoms with E-state index in [-0.39, 0.29) is 10.8 Å². The summed E-state index contributed by atoms with van der Waals surface area (Å²) in [6.07, 6.45) is 3.63. The molecule has 0 aliphatic heterocycles. The van der Waals surface area contributed by atoms with Crippen LogP contribution in [0.15, 0.2) is 29.7 Å². The first-order valence-electron chi connectivity index (χ1n) is 6.60. The second kappa shape index (κ2) is 7.14. The monoisotopic (exact) mass is 316 g/mol. The van der Waals surface area contributed by atoms with Gasteiger partial charge in [0.2, 0.25) is 0 Å². The highest BCUT2D eigenvalue weighted by atomic mass is 35.7. The average Bonchev–Trinajstić information content (AvgIpc) is 2.32. The van der Waals surface area contributed by atoms with Gasteiger partial charge in [-0.25, -0.2) is 8.42 Å². The molecule has 0 aliphatic carbocycles.